The Morgan fingerprint density at radius 3 is 2.08 bits per heavy atom. The molecule has 1 aliphatic heterocycles. The summed E-state index contributed by atoms with van der Waals surface area (Å²) in [5.74, 6) is -0.318. The van der Waals surface area contributed by atoms with E-state index in [0.29, 0.717) is 25.5 Å². The van der Waals surface area contributed by atoms with Crippen molar-refractivity contribution in [1.29, 1.82) is 0 Å². The van der Waals surface area contributed by atoms with Gasteiger partial charge < -0.3 is 14.5 Å². The third-order valence-corrected chi connectivity index (χ3v) is 11.6. The van der Waals surface area contributed by atoms with E-state index in [-0.39, 0.29) is 48.3 Å². The van der Waals surface area contributed by atoms with Gasteiger partial charge in [0, 0.05) is 41.3 Å². The van der Waals surface area contributed by atoms with Crippen LogP contribution in [0.3, 0.4) is 0 Å². The molecule has 0 fully saturated rings. The molecule has 3 aliphatic carbocycles. The van der Waals surface area contributed by atoms with E-state index in [9.17, 15) is 14.4 Å². The van der Waals surface area contributed by atoms with Crippen LogP contribution in [0.5, 0.6) is 0 Å². The maximum absolute atomic E-state index is 11.8. The Hall–Kier alpha value is -6.64. The van der Waals surface area contributed by atoms with Gasteiger partial charge in [0.15, 0.2) is 12.1 Å². The fourth-order valence-electron chi connectivity index (χ4n) is 8.42. The highest BCUT2D eigenvalue weighted by Crippen LogP contribution is 2.36. The summed E-state index contributed by atoms with van der Waals surface area (Å²) in [5.41, 5.74) is 9.69. The summed E-state index contributed by atoms with van der Waals surface area (Å²) in [7, 11) is 1.42. The number of esters is 1. The van der Waals surface area contributed by atoms with Crippen LogP contribution < -0.4 is 15.1 Å². The first kappa shape index (κ1) is 40.2. The molecule has 0 saturated carbocycles. The summed E-state index contributed by atoms with van der Waals surface area (Å²) >= 11 is 0. The summed E-state index contributed by atoms with van der Waals surface area (Å²) < 4.78 is 4.84. The zero-order valence-corrected chi connectivity index (χ0v) is 33.8. The number of aldehydes is 1. The fraction of sp³-hybridized carbons (Fsp3) is 0.231. The van der Waals surface area contributed by atoms with Gasteiger partial charge in [-0.25, -0.2) is 0 Å². The first-order valence-corrected chi connectivity index (χ1v) is 20.9. The van der Waals surface area contributed by atoms with Gasteiger partial charge in [0.25, 0.3) is 0 Å². The van der Waals surface area contributed by atoms with E-state index in [1.807, 2.05) is 24.3 Å². The number of anilines is 4. The molecular weight excluding hydrogens is 745 g/mol. The molecule has 302 valence electrons. The van der Waals surface area contributed by atoms with Gasteiger partial charge in [0.2, 0.25) is 0 Å². The highest BCUT2D eigenvalue weighted by atomic mass is 16.5. The molecule has 1 N–H and O–H groups in total. The number of hydrogen-bond acceptors (Lipinski definition) is 8. The number of aliphatic imine (C=N–C) groups is 1. The predicted octanol–water partition coefficient (Wildman–Crippen LogP) is 9.66. The molecule has 0 bridgehead atoms. The molecule has 5 unspecified atom stereocenters. The van der Waals surface area contributed by atoms with Crippen LogP contribution in [0.25, 0.3) is 0 Å². The van der Waals surface area contributed by atoms with E-state index in [1.165, 1.54) is 12.7 Å². The van der Waals surface area contributed by atoms with Crippen molar-refractivity contribution in [1.82, 2.24) is 5.32 Å². The number of methoxy groups -OCH3 is 1. The number of hydrogen-bond donors (Lipinski definition) is 1. The van der Waals surface area contributed by atoms with Crippen LogP contribution >= 0.6 is 0 Å². The van der Waals surface area contributed by atoms with Crippen LogP contribution in [-0.4, -0.2) is 55.0 Å². The minimum absolute atomic E-state index is 0.000610. The number of Topliss-reactive ketones (excluding diaryl/α,β-unsaturated/α-hetero) is 1. The van der Waals surface area contributed by atoms with Crippen molar-refractivity contribution in [3.8, 4) is 0 Å². The zero-order valence-electron chi connectivity index (χ0n) is 33.8. The van der Waals surface area contributed by atoms with Crippen LogP contribution in [-0.2, 0) is 25.5 Å². The first-order chi connectivity index (χ1) is 29.5. The molecule has 0 radical (unpaired) electrons. The quantitative estimate of drug-likeness (QED) is 0.0729. The second kappa shape index (κ2) is 19.0. The number of ether oxygens (including phenoxy) is 1. The summed E-state index contributed by atoms with van der Waals surface area (Å²) in [6, 6.07) is 38.0. The number of nitrogens with one attached hydrogen (secondary N) is 1. The number of benzene rings is 4. The van der Waals surface area contributed by atoms with Gasteiger partial charge in [-0.3, -0.25) is 24.7 Å². The summed E-state index contributed by atoms with van der Waals surface area (Å²) in [5, 5.41) is 3.95. The minimum Gasteiger partial charge on any atom is -0.469 e. The standard InChI is InChI=1S/C52H50N4O4/c1-60-50(59)35-21-38-18-28-44(29-19-38)56(42-12-6-3-7-13-42)46-32-24-40(25-33-46)52-51(53-48-14-8-9-15-49(48)54-52)39-22-30-45(31-23-39)55(41-10-4-2-5-11-41)43-26-16-37(17-27-43)20-34-47(58)36-57/h2-16,18-19,22-30,32-33,36-37,45,48-49,51,53H,17,20-21,31,34-35H2,1H3. The van der Waals surface area contributed by atoms with E-state index >= 15 is 0 Å². The van der Waals surface area contributed by atoms with Gasteiger partial charge in [0.05, 0.1) is 37.0 Å². The zero-order chi connectivity index (χ0) is 41.3. The van der Waals surface area contributed by atoms with E-state index in [4.69, 9.17) is 9.73 Å². The third-order valence-electron chi connectivity index (χ3n) is 11.6. The summed E-state index contributed by atoms with van der Waals surface area (Å²) in [4.78, 5) is 44.3. The lowest BCUT2D eigenvalue weighted by molar-refractivity contribution is -0.140. The number of carbonyl (C=O) groups is 3. The number of nitrogens with zero attached hydrogens (tertiary/aromatic N) is 3. The molecule has 0 amide bonds. The average Bonchev–Trinajstić information content (AvgIpc) is 3.31. The van der Waals surface area contributed by atoms with Crippen molar-refractivity contribution in [2.45, 2.75) is 62.7 Å². The number of carbonyl (C=O) groups excluding carboxylic acids is 3. The number of rotatable bonds is 15. The SMILES string of the molecule is COC(=O)CCc1ccc(N(c2ccccc2)c2ccc(C3=NC4C=CC=CC4NC3C3=CCC(N(C4=CCC(CCC(=O)C=O)C=C4)c4ccccc4)C=C3)cc2)cc1. The number of aryl methyl sites for hydroxylation is 1. The van der Waals surface area contributed by atoms with Crippen LogP contribution in [0.1, 0.15) is 43.2 Å². The molecule has 5 atom stereocenters. The Balaban J connectivity index is 1.04. The lowest BCUT2D eigenvalue weighted by Crippen LogP contribution is -2.53. The van der Waals surface area contributed by atoms with Crippen molar-refractivity contribution in [2.24, 2.45) is 10.9 Å². The predicted molar refractivity (Wildman–Crippen MR) is 241 cm³/mol. The maximum Gasteiger partial charge on any atom is 0.305 e. The van der Waals surface area contributed by atoms with Crippen molar-refractivity contribution < 1.29 is 19.1 Å². The van der Waals surface area contributed by atoms with Crippen molar-refractivity contribution in [2.75, 3.05) is 16.9 Å². The highest BCUT2D eigenvalue weighted by molar-refractivity contribution is 6.24. The molecule has 8 nitrogen and oxygen atoms in total. The molecule has 60 heavy (non-hydrogen) atoms. The summed E-state index contributed by atoms with van der Waals surface area (Å²) in [6.45, 7) is 0. The molecule has 0 spiro atoms. The lowest BCUT2D eigenvalue weighted by Gasteiger charge is -2.38. The number of ketones is 1. The van der Waals surface area contributed by atoms with Crippen molar-refractivity contribution >= 4 is 46.5 Å². The van der Waals surface area contributed by atoms with E-state index < -0.39 is 0 Å². The second-order valence-electron chi connectivity index (χ2n) is 15.5. The normalized spacial score (nSPS) is 21.6. The Kier molecular flexibility index (Phi) is 12.7. The molecule has 0 aromatic heterocycles. The number of fused-ring (bicyclic) bond motifs is 1. The van der Waals surface area contributed by atoms with Crippen molar-refractivity contribution in [3.63, 3.8) is 0 Å². The topological polar surface area (TPSA) is 91.3 Å². The van der Waals surface area contributed by atoms with Gasteiger partial charge in [-0.2, -0.15) is 0 Å². The van der Waals surface area contributed by atoms with E-state index in [1.54, 1.807) is 0 Å². The Bertz CT molecular complexity index is 2380. The van der Waals surface area contributed by atoms with Gasteiger partial charge in [0.1, 0.15) is 0 Å². The third kappa shape index (κ3) is 9.30. The monoisotopic (exact) mass is 794 g/mol. The molecule has 1 heterocycles. The Morgan fingerprint density at radius 1 is 0.750 bits per heavy atom. The van der Waals surface area contributed by atoms with Gasteiger partial charge in [-0.05, 0) is 103 Å². The van der Waals surface area contributed by atoms with Crippen LogP contribution in [0.15, 0.2) is 186 Å². The van der Waals surface area contributed by atoms with Gasteiger partial charge in [-0.1, -0.05) is 115 Å². The summed E-state index contributed by atoms with van der Waals surface area (Å²) in [6.07, 6.45) is 26.1. The first-order valence-electron chi connectivity index (χ1n) is 20.9. The molecule has 4 aromatic rings. The maximum atomic E-state index is 11.8. The molecule has 4 aliphatic rings. The lowest BCUT2D eigenvalue weighted by atomic mass is 9.86. The fourth-order valence-corrected chi connectivity index (χ4v) is 8.42. The van der Waals surface area contributed by atoms with Crippen molar-refractivity contribution in [3.05, 3.63) is 192 Å². The number of para-hydroxylation sites is 2. The Morgan fingerprint density at radius 2 is 1.43 bits per heavy atom. The molecule has 8 heteroatoms. The van der Waals surface area contributed by atoms with Gasteiger partial charge in [-0.15, -0.1) is 0 Å². The minimum atomic E-state index is -0.342. The van der Waals surface area contributed by atoms with E-state index in [0.717, 1.165) is 58.1 Å². The van der Waals surface area contributed by atoms with Crippen LogP contribution in [0, 0.1) is 5.92 Å². The molecular formula is C52H50N4O4. The van der Waals surface area contributed by atoms with Gasteiger partial charge >= 0.3 is 5.97 Å². The largest absolute Gasteiger partial charge is 0.469 e. The average molecular weight is 795 g/mol. The Labute approximate surface area is 352 Å². The van der Waals surface area contributed by atoms with E-state index in [2.05, 4.69) is 161 Å². The number of allylic oxidation sites excluding steroid dienone is 5. The molecule has 0 saturated heterocycles. The van der Waals surface area contributed by atoms with Crippen LogP contribution in [0.4, 0.5) is 22.7 Å². The molecule has 8 rings (SSSR count). The highest BCUT2D eigenvalue weighted by Gasteiger charge is 2.34. The second-order valence-corrected chi connectivity index (χ2v) is 15.5. The van der Waals surface area contributed by atoms with Crippen LogP contribution in [0.2, 0.25) is 0 Å². The molecule has 4 aromatic carbocycles. The smallest absolute Gasteiger partial charge is 0.305 e.